The molecule has 0 atom stereocenters. The fourth-order valence-corrected chi connectivity index (χ4v) is 3.32. The smallest absolute Gasteiger partial charge is 0.335 e. The Hall–Kier alpha value is -2.92. The highest BCUT2D eigenvalue weighted by Gasteiger charge is 2.12. The molecule has 0 unspecified atom stereocenters. The molecule has 0 radical (unpaired) electrons. The lowest BCUT2D eigenvalue weighted by Crippen LogP contribution is -2.03. The minimum Gasteiger partial charge on any atom is -0.478 e. The van der Waals surface area contributed by atoms with E-state index in [0.29, 0.717) is 16.6 Å². The molecule has 1 N–H and O–H groups in total. The number of hydrogen-bond donors (Lipinski definition) is 1. The summed E-state index contributed by atoms with van der Waals surface area (Å²) in [5.41, 5.74) is 3.97. The number of benzene rings is 2. The molecule has 0 aliphatic carbocycles. The number of hydrogen-bond acceptors (Lipinski definition) is 3. The Bertz CT molecular complexity index is 1140. The van der Waals surface area contributed by atoms with Gasteiger partial charge in [-0.3, -0.25) is 0 Å². The summed E-state index contributed by atoms with van der Waals surface area (Å²) in [6.07, 6.45) is 1.85. The number of carboxylic acid groups (broad SMARTS) is 1. The van der Waals surface area contributed by atoms with Crippen molar-refractivity contribution in [2.45, 2.75) is 27.3 Å². The van der Waals surface area contributed by atoms with Crippen LogP contribution in [0.2, 0.25) is 5.15 Å². The van der Waals surface area contributed by atoms with Gasteiger partial charge in [0.15, 0.2) is 5.15 Å². The third kappa shape index (κ3) is 4.15. The fourth-order valence-electron chi connectivity index (χ4n) is 3.09. The average Bonchev–Trinajstić information content (AvgIpc) is 3.06. The first kappa shape index (κ1) is 19.8. The lowest BCUT2D eigenvalue weighted by molar-refractivity contribution is 0.0696. The van der Waals surface area contributed by atoms with Crippen LogP contribution in [0.25, 0.3) is 21.9 Å². The Balaban J connectivity index is 0.000000192. The van der Waals surface area contributed by atoms with E-state index in [0.717, 1.165) is 34.0 Å². The van der Waals surface area contributed by atoms with E-state index in [1.54, 1.807) is 25.1 Å². The predicted molar refractivity (Wildman–Crippen MR) is 113 cm³/mol. The number of pyridine rings is 1. The summed E-state index contributed by atoms with van der Waals surface area (Å²) in [5, 5.41) is 10.2. The van der Waals surface area contributed by atoms with Gasteiger partial charge in [-0.1, -0.05) is 61.8 Å². The molecule has 0 fully saturated rings. The van der Waals surface area contributed by atoms with Crippen LogP contribution < -0.4 is 0 Å². The molecule has 0 saturated heterocycles. The van der Waals surface area contributed by atoms with Crippen molar-refractivity contribution in [1.29, 1.82) is 0 Å². The normalized spacial score (nSPS) is 10.9. The van der Waals surface area contributed by atoms with Gasteiger partial charge >= 0.3 is 5.97 Å². The molecule has 2 aromatic carbocycles. The van der Waals surface area contributed by atoms with Gasteiger partial charge in [0.2, 0.25) is 0 Å². The molecule has 0 bridgehead atoms. The number of aromatic carboxylic acids is 1. The Morgan fingerprint density at radius 1 is 1.14 bits per heavy atom. The maximum atomic E-state index is 10.4. The van der Waals surface area contributed by atoms with Gasteiger partial charge < -0.3 is 9.67 Å². The molecular formula is C22H22ClN3O2. The molecule has 0 amide bonds. The first-order valence-electron chi connectivity index (χ1n) is 9.06. The SMILES string of the molecule is CC(C)Cn1cnc2c(Cl)nc3ccccc3c21.Cc1ccccc1C(=O)O. The van der Waals surface area contributed by atoms with Crippen LogP contribution in [0.15, 0.2) is 54.9 Å². The molecule has 28 heavy (non-hydrogen) atoms. The highest BCUT2D eigenvalue weighted by atomic mass is 35.5. The Morgan fingerprint density at radius 2 is 1.82 bits per heavy atom. The van der Waals surface area contributed by atoms with E-state index in [9.17, 15) is 4.79 Å². The Labute approximate surface area is 168 Å². The molecule has 4 rings (SSSR count). The number of para-hydroxylation sites is 1. The maximum Gasteiger partial charge on any atom is 0.335 e. The fraction of sp³-hybridized carbons (Fsp3) is 0.227. The summed E-state index contributed by atoms with van der Waals surface area (Å²) in [5.74, 6) is -0.300. The molecule has 5 nitrogen and oxygen atoms in total. The summed E-state index contributed by atoms with van der Waals surface area (Å²) in [6.45, 7) is 7.10. The topological polar surface area (TPSA) is 68.0 Å². The second-order valence-corrected chi connectivity index (χ2v) is 7.39. The number of nitrogens with zero attached hydrogens (tertiary/aromatic N) is 3. The van der Waals surface area contributed by atoms with Crippen molar-refractivity contribution >= 4 is 39.5 Å². The van der Waals surface area contributed by atoms with Crippen molar-refractivity contribution < 1.29 is 9.90 Å². The van der Waals surface area contributed by atoms with Crippen molar-refractivity contribution in [3.05, 3.63) is 71.1 Å². The molecular weight excluding hydrogens is 374 g/mol. The zero-order chi connectivity index (χ0) is 20.3. The average molecular weight is 396 g/mol. The summed E-state index contributed by atoms with van der Waals surface area (Å²) in [4.78, 5) is 19.2. The molecule has 0 spiro atoms. The summed E-state index contributed by atoms with van der Waals surface area (Å²) in [6, 6.07) is 15.0. The quantitative estimate of drug-likeness (QED) is 0.459. The van der Waals surface area contributed by atoms with Gasteiger partial charge in [0.1, 0.15) is 5.52 Å². The molecule has 2 heterocycles. The lowest BCUT2D eigenvalue weighted by atomic mass is 10.1. The maximum absolute atomic E-state index is 10.4. The van der Waals surface area contributed by atoms with Crippen LogP contribution in [-0.2, 0) is 6.54 Å². The number of fused-ring (bicyclic) bond motifs is 3. The number of carbonyl (C=O) groups is 1. The number of carboxylic acids is 1. The molecule has 144 valence electrons. The first-order valence-corrected chi connectivity index (χ1v) is 9.44. The zero-order valence-electron chi connectivity index (χ0n) is 16.1. The Kier molecular flexibility index (Phi) is 5.95. The number of imidazole rings is 1. The third-order valence-corrected chi connectivity index (χ3v) is 4.61. The Morgan fingerprint density at radius 3 is 2.46 bits per heavy atom. The number of rotatable bonds is 3. The van der Waals surface area contributed by atoms with Gasteiger partial charge in [0.25, 0.3) is 0 Å². The molecule has 4 aromatic rings. The number of halogens is 1. The summed E-state index contributed by atoms with van der Waals surface area (Å²) < 4.78 is 2.16. The van der Waals surface area contributed by atoms with E-state index in [1.165, 1.54) is 0 Å². The van der Waals surface area contributed by atoms with E-state index in [-0.39, 0.29) is 0 Å². The lowest BCUT2D eigenvalue weighted by Gasteiger charge is -2.09. The van der Waals surface area contributed by atoms with Crippen LogP contribution in [0.3, 0.4) is 0 Å². The minimum absolute atomic E-state index is 0.377. The highest BCUT2D eigenvalue weighted by Crippen LogP contribution is 2.28. The zero-order valence-corrected chi connectivity index (χ0v) is 16.8. The second kappa shape index (κ2) is 8.40. The van der Waals surface area contributed by atoms with Gasteiger partial charge in [-0.15, -0.1) is 0 Å². The molecule has 6 heteroatoms. The standard InChI is InChI=1S/C14H14ClN3.C8H8O2/c1-9(2)7-18-8-16-12-13(18)10-5-3-4-6-11(10)17-14(12)15;1-6-4-2-3-5-7(6)8(9)10/h3-6,8-9H,7H2,1-2H3;2-5H,1H3,(H,9,10). The summed E-state index contributed by atoms with van der Waals surface area (Å²) >= 11 is 6.20. The molecule has 2 aromatic heterocycles. The van der Waals surface area contributed by atoms with Crippen LogP contribution in [0.4, 0.5) is 0 Å². The van der Waals surface area contributed by atoms with Crippen LogP contribution in [-0.4, -0.2) is 25.6 Å². The van der Waals surface area contributed by atoms with Gasteiger partial charge in [-0.2, -0.15) is 0 Å². The monoisotopic (exact) mass is 395 g/mol. The van der Waals surface area contributed by atoms with Crippen molar-refractivity contribution in [2.24, 2.45) is 5.92 Å². The van der Waals surface area contributed by atoms with E-state index >= 15 is 0 Å². The van der Waals surface area contributed by atoms with Crippen molar-refractivity contribution in [2.75, 3.05) is 0 Å². The van der Waals surface area contributed by atoms with E-state index < -0.39 is 5.97 Å². The van der Waals surface area contributed by atoms with Gasteiger partial charge in [-0.25, -0.2) is 14.8 Å². The second-order valence-electron chi connectivity index (χ2n) is 7.03. The van der Waals surface area contributed by atoms with Gasteiger partial charge in [-0.05, 0) is 30.5 Å². The van der Waals surface area contributed by atoms with E-state index in [2.05, 4.69) is 34.4 Å². The highest BCUT2D eigenvalue weighted by molar-refractivity contribution is 6.35. The number of aromatic nitrogens is 3. The van der Waals surface area contributed by atoms with Crippen molar-refractivity contribution in [3.8, 4) is 0 Å². The number of aryl methyl sites for hydroxylation is 1. The predicted octanol–water partition coefficient (Wildman–Crippen LogP) is 5.59. The van der Waals surface area contributed by atoms with Crippen LogP contribution in [0.5, 0.6) is 0 Å². The van der Waals surface area contributed by atoms with Crippen molar-refractivity contribution in [3.63, 3.8) is 0 Å². The van der Waals surface area contributed by atoms with Crippen LogP contribution >= 0.6 is 11.6 Å². The van der Waals surface area contributed by atoms with Crippen LogP contribution in [0, 0.1) is 12.8 Å². The summed E-state index contributed by atoms with van der Waals surface area (Å²) in [7, 11) is 0. The van der Waals surface area contributed by atoms with Gasteiger partial charge in [0, 0.05) is 11.9 Å². The van der Waals surface area contributed by atoms with Crippen LogP contribution in [0.1, 0.15) is 29.8 Å². The molecule has 0 aliphatic heterocycles. The van der Waals surface area contributed by atoms with Crippen molar-refractivity contribution in [1.82, 2.24) is 14.5 Å². The first-order chi connectivity index (χ1) is 13.4. The van der Waals surface area contributed by atoms with E-state index in [4.69, 9.17) is 16.7 Å². The largest absolute Gasteiger partial charge is 0.478 e. The minimum atomic E-state index is -0.863. The third-order valence-electron chi connectivity index (χ3n) is 4.35. The molecule has 0 saturated carbocycles. The van der Waals surface area contributed by atoms with Gasteiger partial charge in [0.05, 0.1) is 22.9 Å². The van der Waals surface area contributed by atoms with E-state index in [1.807, 2.05) is 30.6 Å². The molecule has 0 aliphatic rings.